The Balaban J connectivity index is 2.71. The van der Waals surface area contributed by atoms with Crippen LogP contribution in [0.1, 0.15) is 27.2 Å². The highest BCUT2D eigenvalue weighted by Gasteiger charge is 2.20. The summed E-state index contributed by atoms with van der Waals surface area (Å²) in [4.78, 5) is 13.9. The van der Waals surface area contributed by atoms with Crippen LogP contribution >= 0.6 is 0 Å². The predicted molar refractivity (Wildman–Crippen MR) is 78.1 cm³/mol. The van der Waals surface area contributed by atoms with E-state index in [1.165, 1.54) is 12.1 Å². The molecule has 2 N–H and O–H groups in total. The fourth-order valence-electron chi connectivity index (χ4n) is 1.86. The Morgan fingerprint density at radius 1 is 1.40 bits per heavy atom. The molecular formula is C15H23FN2O2. The zero-order chi connectivity index (χ0) is 15.2. The highest BCUT2D eigenvalue weighted by Crippen LogP contribution is 2.17. The van der Waals surface area contributed by atoms with E-state index in [1.54, 1.807) is 17.0 Å². The number of nitrogens with zero attached hydrogens (tertiary/aromatic N) is 1. The minimum atomic E-state index is -0.388. The molecule has 0 heterocycles. The molecule has 0 aliphatic carbocycles. The molecule has 1 aromatic carbocycles. The Bertz CT molecular complexity index is 444. The number of hydrogen-bond donors (Lipinski definition) is 2. The van der Waals surface area contributed by atoms with Gasteiger partial charge in [-0.3, -0.25) is 0 Å². The van der Waals surface area contributed by atoms with E-state index in [9.17, 15) is 9.18 Å². The molecule has 0 spiro atoms. The second kappa shape index (κ2) is 7.24. The zero-order valence-corrected chi connectivity index (χ0v) is 12.3. The van der Waals surface area contributed by atoms with Gasteiger partial charge in [-0.2, -0.15) is 0 Å². The lowest BCUT2D eigenvalue weighted by Gasteiger charge is -2.30. The number of amides is 2. The summed E-state index contributed by atoms with van der Waals surface area (Å²) in [7, 11) is 0. The molecule has 20 heavy (non-hydrogen) atoms. The van der Waals surface area contributed by atoms with Crippen LogP contribution in [0.3, 0.4) is 0 Å². The fourth-order valence-corrected chi connectivity index (χ4v) is 1.86. The van der Waals surface area contributed by atoms with E-state index in [1.807, 2.05) is 20.8 Å². The molecule has 0 unspecified atom stereocenters. The Kier molecular flexibility index (Phi) is 5.95. The average Bonchev–Trinajstić information content (AvgIpc) is 2.33. The highest BCUT2D eigenvalue weighted by atomic mass is 19.1. The topological polar surface area (TPSA) is 52.6 Å². The van der Waals surface area contributed by atoms with Gasteiger partial charge in [-0.15, -0.1) is 0 Å². The van der Waals surface area contributed by atoms with Crippen molar-refractivity contribution in [2.75, 3.05) is 25.0 Å². The molecule has 0 saturated carbocycles. The first-order chi connectivity index (χ1) is 9.31. The van der Waals surface area contributed by atoms with Crippen molar-refractivity contribution in [1.82, 2.24) is 4.90 Å². The van der Waals surface area contributed by atoms with Crippen molar-refractivity contribution in [3.63, 3.8) is 0 Å². The number of hydrogen-bond acceptors (Lipinski definition) is 2. The third kappa shape index (κ3) is 6.02. The van der Waals surface area contributed by atoms with Gasteiger partial charge in [-0.1, -0.05) is 26.8 Å². The first-order valence-electron chi connectivity index (χ1n) is 6.74. The van der Waals surface area contributed by atoms with Crippen LogP contribution in [0.4, 0.5) is 14.9 Å². The summed E-state index contributed by atoms with van der Waals surface area (Å²) in [5, 5.41) is 11.6. The molecule has 0 bridgehead atoms. The van der Waals surface area contributed by atoms with E-state index in [0.29, 0.717) is 25.2 Å². The SMILES string of the molecule is CC(C)(C)CN(CCCO)C(=O)Nc1cccc(F)c1. The Morgan fingerprint density at radius 2 is 2.10 bits per heavy atom. The van der Waals surface area contributed by atoms with Crippen LogP contribution in [-0.4, -0.2) is 35.7 Å². The molecule has 0 aromatic heterocycles. The predicted octanol–water partition coefficient (Wildman–Crippen LogP) is 3.09. The van der Waals surface area contributed by atoms with E-state index < -0.39 is 0 Å². The van der Waals surface area contributed by atoms with Gasteiger partial charge in [-0.05, 0) is 30.0 Å². The minimum absolute atomic E-state index is 0.0356. The van der Waals surface area contributed by atoms with Crippen LogP contribution in [0.5, 0.6) is 0 Å². The lowest BCUT2D eigenvalue weighted by molar-refractivity contribution is 0.176. The van der Waals surface area contributed by atoms with E-state index in [0.717, 1.165) is 0 Å². The normalized spacial score (nSPS) is 11.2. The summed E-state index contributed by atoms with van der Waals surface area (Å²) in [6.45, 7) is 7.17. The molecule has 2 amide bonds. The van der Waals surface area contributed by atoms with Crippen molar-refractivity contribution in [2.45, 2.75) is 27.2 Å². The van der Waals surface area contributed by atoms with Crippen molar-refractivity contribution in [3.05, 3.63) is 30.1 Å². The molecule has 1 rings (SSSR count). The van der Waals surface area contributed by atoms with Gasteiger partial charge in [0.25, 0.3) is 0 Å². The first kappa shape index (κ1) is 16.4. The summed E-state index contributed by atoms with van der Waals surface area (Å²) >= 11 is 0. The second-order valence-corrected chi connectivity index (χ2v) is 6.00. The Morgan fingerprint density at radius 3 is 2.65 bits per heavy atom. The lowest BCUT2D eigenvalue weighted by atomic mass is 9.96. The Labute approximate surface area is 119 Å². The number of urea groups is 1. The van der Waals surface area contributed by atoms with Crippen molar-refractivity contribution >= 4 is 11.7 Å². The van der Waals surface area contributed by atoms with Gasteiger partial charge in [0.05, 0.1) is 0 Å². The summed E-state index contributed by atoms with van der Waals surface area (Å²) in [6.07, 6.45) is 0.520. The molecule has 0 fully saturated rings. The van der Waals surface area contributed by atoms with E-state index in [2.05, 4.69) is 5.32 Å². The average molecular weight is 282 g/mol. The molecule has 0 radical (unpaired) electrons. The molecule has 0 aliphatic rings. The molecular weight excluding hydrogens is 259 g/mol. The van der Waals surface area contributed by atoms with Gasteiger partial charge < -0.3 is 15.3 Å². The number of rotatable bonds is 5. The number of benzene rings is 1. The summed E-state index contributed by atoms with van der Waals surface area (Å²) in [6, 6.07) is 5.52. The number of anilines is 1. The number of nitrogens with one attached hydrogen (secondary N) is 1. The number of halogens is 1. The van der Waals surface area contributed by atoms with Gasteiger partial charge in [-0.25, -0.2) is 9.18 Å². The molecule has 4 nitrogen and oxygen atoms in total. The van der Waals surface area contributed by atoms with Gasteiger partial charge >= 0.3 is 6.03 Å². The van der Waals surface area contributed by atoms with Gasteiger partial charge in [0.1, 0.15) is 5.82 Å². The monoisotopic (exact) mass is 282 g/mol. The van der Waals surface area contributed by atoms with Gasteiger partial charge in [0.15, 0.2) is 0 Å². The van der Waals surface area contributed by atoms with E-state index >= 15 is 0 Å². The van der Waals surface area contributed by atoms with Crippen molar-refractivity contribution in [3.8, 4) is 0 Å². The lowest BCUT2D eigenvalue weighted by Crippen LogP contribution is -2.41. The standard InChI is InChI=1S/C15H23FN2O2/c1-15(2,3)11-18(8-5-9-19)14(20)17-13-7-4-6-12(16)10-13/h4,6-7,10,19H,5,8-9,11H2,1-3H3,(H,17,20). The molecule has 0 atom stereocenters. The van der Waals surface area contributed by atoms with Gasteiger partial charge in [0.2, 0.25) is 0 Å². The van der Waals surface area contributed by atoms with Crippen molar-refractivity contribution in [2.24, 2.45) is 5.41 Å². The minimum Gasteiger partial charge on any atom is -0.396 e. The summed E-state index contributed by atoms with van der Waals surface area (Å²) < 4.78 is 13.1. The van der Waals surface area contributed by atoms with Crippen LogP contribution in [0.15, 0.2) is 24.3 Å². The molecule has 0 saturated heterocycles. The summed E-state index contributed by atoms with van der Waals surface area (Å²) in [5.41, 5.74) is 0.382. The van der Waals surface area contributed by atoms with E-state index in [4.69, 9.17) is 5.11 Å². The number of aliphatic hydroxyl groups excluding tert-OH is 1. The largest absolute Gasteiger partial charge is 0.396 e. The highest BCUT2D eigenvalue weighted by molar-refractivity contribution is 5.89. The molecule has 0 aliphatic heterocycles. The molecule has 5 heteroatoms. The number of carbonyl (C=O) groups excluding carboxylic acids is 1. The van der Waals surface area contributed by atoms with Crippen molar-refractivity contribution < 1.29 is 14.3 Å². The van der Waals surface area contributed by atoms with Crippen LogP contribution in [-0.2, 0) is 0 Å². The second-order valence-electron chi connectivity index (χ2n) is 6.00. The zero-order valence-electron chi connectivity index (χ0n) is 12.3. The maximum Gasteiger partial charge on any atom is 0.321 e. The molecule has 1 aromatic rings. The number of aliphatic hydroxyl groups is 1. The van der Waals surface area contributed by atoms with Crippen LogP contribution in [0.25, 0.3) is 0 Å². The van der Waals surface area contributed by atoms with Gasteiger partial charge in [0, 0.05) is 25.4 Å². The quantitative estimate of drug-likeness (QED) is 0.872. The van der Waals surface area contributed by atoms with Crippen LogP contribution in [0, 0.1) is 11.2 Å². The fraction of sp³-hybridized carbons (Fsp3) is 0.533. The Hall–Kier alpha value is -1.62. The van der Waals surface area contributed by atoms with E-state index in [-0.39, 0.29) is 23.9 Å². The number of carbonyl (C=O) groups is 1. The smallest absolute Gasteiger partial charge is 0.321 e. The first-order valence-corrected chi connectivity index (χ1v) is 6.74. The third-order valence-electron chi connectivity index (χ3n) is 2.61. The van der Waals surface area contributed by atoms with Crippen LogP contribution < -0.4 is 5.32 Å². The summed E-state index contributed by atoms with van der Waals surface area (Å²) in [5.74, 6) is -0.388. The molecule has 112 valence electrons. The maximum absolute atomic E-state index is 13.1. The van der Waals surface area contributed by atoms with Crippen molar-refractivity contribution in [1.29, 1.82) is 0 Å². The third-order valence-corrected chi connectivity index (χ3v) is 2.61. The van der Waals surface area contributed by atoms with Crippen LogP contribution in [0.2, 0.25) is 0 Å². The maximum atomic E-state index is 13.1.